The van der Waals surface area contributed by atoms with Gasteiger partial charge in [-0.15, -0.1) is 11.8 Å². The van der Waals surface area contributed by atoms with Crippen molar-refractivity contribution in [3.8, 4) is 0 Å². The quantitative estimate of drug-likeness (QED) is 0.234. The fourth-order valence-corrected chi connectivity index (χ4v) is 9.44. The van der Waals surface area contributed by atoms with E-state index < -0.39 is 90.7 Å². The Balaban J connectivity index is 1.19. The van der Waals surface area contributed by atoms with Crippen LogP contribution in [0.25, 0.3) is 0 Å². The molecule has 0 radical (unpaired) electrons. The molecule has 0 saturated carbocycles. The van der Waals surface area contributed by atoms with Crippen LogP contribution < -0.4 is 11.1 Å². The highest BCUT2D eigenvalue weighted by atomic mass is 32.2. The van der Waals surface area contributed by atoms with Crippen molar-refractivity contribution in [2.75, 3.05) is 6.79 Å². The van der Waals surface area contributed by atoms with Crippen LogP contribution in [0.3, 0.4) is 0 Å². The Morgan fingerprint density at radius 1 is 1.05 bits per heavy atom. The van der Waals surface area contributed by atoms with Gasteiger partial charge in [0.1, 0.15) is 34.9 Å². The summed E-state index contributed by atoms with van der Waals surface area (Å²) >= 11 is 1.31. The maximum absolute atomic E-state index is 13.0. The van der Waals surface area contributed by atoms with E-state index in [2.05, 4.69) is 5.32 Å². The highest BCUT2D eigenvalue weighted by Crippen LogP contribution is 2.51. The number of nitrogens with two attached hydrogens (primary N) is 1. The lowest BCUT2D eigenvalue weighted by atomic mass is 9.95. The van der Waals surface area contributed by atoms with Crippen molar-refractivity contribution in [2.45, 2.75) is 78.5 Å². The number of carbonyl (C=O) groups is 5. The molecule has 4 fully saturated rings. The van der Waals surface area contributed by atoms with Crippen LogP contribution in [0.2, 0.25) is 0 Å². The van der Waals surface area contributed by atoms with Crippen LogP contribution in [-0.2, 0) is 43.3 Å². The Labute approximate surface area is 235 Å². The second kappa shape index (κ2) is 9.45. The number of benzene rings is 1. The fraction of sp³-hybridized carbons (Fsp3) is 0.560. The van der Waals surface area contributed by atoms with Crippen LogP contribution in [0.5, 0.6) is 0 Å². The molecule has 4 saturated heterocycles. The van der Waals surface area contributed by atoms with Gasteiger partial charge in [0.05, 0.1) is 11.2 Å². The first-order valence-corrected chi connectivity index (χ1v) is 15.0. The van der Waals surface area contributed by atoms with Gasteiger partial charge in [0.2, 0.25) is 24.5 Å². The van der Waals surface area contributed by atoms with Crippen LogP contribution in [0.15, 0.2) is 30.3 Å². The van der Waals surface area contributed by atoms with Crippen molar-refractivity contribution in [1.82, 2.24) is 15.1 Å². The van der Waals surface area contributed by atoms with Crippen LogP contribution in [-0.4, -0.2) is 93.0 Å². The van der Waals surface area contributed by atoms with E-state index >= 15 is 0 Å². The van der Waals surface area contributed by atoms with E-state index in [1.54, 1.807) is 44.2 Å². The molecule has 5 rings (SSSR count). The molecule has 0 aliphatic carbocycles. The van der Waals surface area contributed by atoms with Crippen molar-refractivity contribution < 1.29 is 41.9 Å². The van der Waals surface area contributed by atoms with E-state index in [1.165, 1.54) is 30.5 Å². The smallest absolute Gasteiger partial charge is 0.333 e. The zero-order valence-corrected chi connectivity index (χ0v) is 23.9. The number of ether oxygens (including phenoxy) is 2. The van der Waals surface area contributed by atoms with Crippen LogP contribution in [0.4, 0.5) is 0 Å². The minimum Gasteiger partial charge on any atom is -0.426 e. The lowest BCUT2D eigenvalue weighted by Crippen LogP contribution is -2.71. The van der Waals surface area contributed by atoms with Gasteiger partial charge in [-0.2, -0.15) is 0 Å². The number of hydrogen-bond donors (Lipinski definition) is 2. The molecule has 0 spiro atoms. The largest absolute Gasteiger partial charge is 0.426 e. The lowest BCUT2D eigenvalue weighted by Gasteiger charge is -2.44. The summed E-state index contributed by atoms with van der Waals surface area (Å²) in [6.45, 7) is 5.37. The number of sulfone groups is 1. The van der Waals surface area contributed by atoms with E-state index in [0.29, 0.717) is 5.56 Å². The van der Waals surface area contributed by atoms with Crippen molar-refractivity contribution in [3.05, 3.63) is 35.9 Å². The number of nitrogens with one attached hydrogen (secondary N) is 1. The molecule has 3 amide bonds. The number of thioether (sulfide) groups is 1. The minimum absolute atomic E-state index is 0.191. The van der Waals surface area contributed by atoms with Gasteiger partial charge >= 0.3 is 11.9 Å². The molecule has 15 heteroatoms. The Hall–Kier alpha value is -3.17. The van der Waals surface area contributed by atoms with E-state index in [-0.39, 0.29) is 6.42 Å². The SMILES string of the molecule is CC1(C)SC2C(NC(=O)[C@H](N)c3ccccc3)C(=O)N2[C@H]1C(=O)OCOC(=O)[C@@H]1N2C(=O)CC2S(=O)(=O)C1(C)C. The summed E-state index contributed by atoms with van der Waals surface area (Å²) in [7, 11) is -3.80. The van der Waals surface area contributed by atoms with Crippen LogP contribution >= 0.6 is 11.8 Å². The average molecular weight is 595 g/mol. The molecule has 4 heterocycles. The molecule has 3 unspecified atom stereocenters. The maximum Gasteiger partial charge on any atom is 0.333 e. The van der Waals surface area contributed by atoms with Gasteiger partial charge in [-0.05, 0) is 33.3 Å². The van der Waals surface area contributed by atoms with Crippen molar-refractivity contribution in [2.24, 2.45) is 5.73 Å². The molecular weight excluding hydrogens is 564 g/mol. The topological polar surface area (TPSA) is 182 Å². The molecular formula is C25H30N4O9S2. The number of β-lactam (4-membered cyclic amide) rings is 2. The molecule has 3 N–H and O–H groups in total. The van der Waals surface area contributed by atoms with Crippen LogP contribution in [0, 0.1) is 0 Å². The number of amides is 3. The van der Waals surface area contributed by atoms with Crippen LogP contribution in [0.1, 0.15) is 45.7 Å². The predicted octanol–water partition coefficient (Wildman–Crippen LogP) is -0.589. The number of esters is 2. The standard InChI is InChI=1S/C25H30N4O9S2/c1-24(2)17(29-20(32)16(21(29)39-24)27-19(31)15(26)12-8-6-5-7-9-12)22(33)37-11-38-23(34)18-25(3,4)40(35,36)14-10-13(30)28(14)18/h5-9,14-18,21H,10-11,26H2,1-4H3,(H,27,31)/t14?,15-,16?,17+,18+,21?/m1/s1. The van der Waals surface area contributed by atoms with E-state index in [0.717, 1.165) is 4.90 Å². The van der Waals surface area contributed by atoms with E-state index in [9.17, 15) is 32.4 Å². The highest BCUT2D eigenvalue weighted by Gasteiger charge is 2.68. The minimum atomic E-state index is -3.80. The summed E-state index contributed by atoms with van der Waals surface area (Å²) in [6.07, 6.45) is -0.191. The monoisotopic (exact) mass is 594 g/mol. The van der Waals surface area contributed by atoms with E-state index in [1.807, 2.05) is 0 Å². The van der Waals surface area contributed by atoms with Crippen molar-refractivity contribution in [3.63, 3.8) is 0 Å². The first kappa shape index (κ1) is 28.4. The summed E-state index contributed by atoms with van der Waals surface area (Å²) in [4.78, 5) is 65.9. The normalized spacial score (nSPS) is 31.3. The van der Waals surface area contributed by atoms with Gasteiger partial charge < -0.3 is 30.3 Å². The zero-order chi connectivity index (χ0) is 29.4. The molecule has 6 atom stereocenters. The number of carbonyl (C=O) groups excluding carboxylic acids is 5. The summed E-state index contributed by atoms with van der Waals surface area (Å²) in [5.74, 6) is -3.32. The van der Waals surface area contributed by atoms with Gasteiger partial charge in [-0.25, -0.2) is 18.0 Å². The average Bonchev–Trinajstić information content (AvgIpc) is 3.22. The number of rotatable bonds is 7. The van der Waals surface area contributed by atoms with Gasteiger partial charge in [0.25, 0.3) is 0 Å². The van der Waals surface area contributed by atoms with Gasteiger partial charge in [-0.3, -0.25) is 14.4 Å². The number of nitrogens with zero attached hydrogens (tertiary/aromatic N) is 2. The van der Waals surface area contributed by atoms with Crippen molar-refractivity contribution in [1.29, 1.82) is 0 Å². The molecule has 0 aromatic heterocycles. The first-order chi connectivity index (χ1) is 18.6. The molecule has 1 aromatic carbocycles. The predicted molar refractivity (Wildman–Crippen MR) is 140 cm³/mol. The Bertz CT molecular complexity index is 1400. The first-order valence-electron chi connectivity index (χ1n) is 12.6. The van der Waals surface area contributed by atoms with Gasteiger partial charge in [0.15, 0.2) is 9.84 Å². The Morgan fingerprint density at radius 3 is 2.25 bits per heavy atom. The second-order valence-corrected chi connectivity index (χ2v) is 15.6. The summed E-state index contributed by atoms with van der Waals surface area (Å²) < 4.78 is 33.3. The third-order valence-corrected chi connectivity index (χ3v) is 12.4. The number of hydrogen-bond acceptors (Lipinski definition) is 11. The highest BCUT2D eigenvalue weighted by molar-refractivity contribution is 8.01. The molecule has 4 aliphatic rings. The number of fused-ring (bicyclic) bond motifs is 2. The summed E-state index contributed by atoms with van der Waals surface area (Å²) in [6, 6.07) is 4.45. The second-order valence-electron chi connectivity index (χ2n) is 11.2. The van der Waals surface area contributed by atoms with E-state index in [4.69, 9.17) is 15.2 Å². The Morgan fingerprint density at radius 2 is 1.65 bits per heavy atom. The molecule has 1 aromatic rings. The molecule has 0 bridgehead atoms. The maximum atomic E-state index is 13.0. The zero-order valence-electron chi connectivity index (χ0n) is 22.2. The summed E-state index contributed by atoms with van der Waals surface area (Å²) in [5, 5.41) is 1.07. The third-order valence-electron chi connectivity index (χ3n) is 8.00. The fourth-order valence-electron chi connectivity index (χ4n) is 5.69. The molecule has 13 nitrogen and oxygen atoms in total. The molecule has 4 aliphatic heterocycles. The van der Waals surface area contributed by atoms with Gasteiger partial charge in [-0.1, -0.05) is 30.3 Å². The molecule has 40 heavy (non-hydrogen) atoms. The Kier molecular flexibility index (Phi) is 6.70. The molecule has 216 valence electrons. The van der Waals surface area contributed by atoms with Crippen molar-refractivity contribution >= 4 is 51.3 Å². The third kappa shape index (κ3) is 4.08. The van der Waals surface area contributed by atoms with Gasteiger partial charge in [0, 0.05) is 4.75 Å². The lowest BCUT2D eigenvalue weighted by molar-refractivity contribution is -0.181. The summed E-state index contributed by atoms with van der Waals surface area (Å²) in [5.41, 5.74) is 6.64.